The Morgan fingerprint density at radius 3 is 1.83 bits per heavy atom. The number of carboxylic acid groups (broad SMARTS) is 1. The predicted molar refractivity (Wildman–Crippen MR) is 150 cm³/mol. The van der Waals surface area contributed by atoms with Crippen LogP contribution < -0.4 is 0 Å². The average molecular weight is 539 g/mol. The van der Waals surface area contributed by atoms with Crippen molar-refractivity contribution in [1.82, 2.24) is 0 Å². The largest absolute Gasteiger partial charge is 0.479 e. The zero-order chi connectivity index (χ0) is 26.6. The van der Waals surface area contributed by atoms with Gasteiger partial charge in [-0.2, -0.15) is 11.8 Å². The van der Waals surface area contributed by atoms with Gasteiger partial charge in [0.15, 0.2) is 0 Å². The summed E-state index contributed by atoms with van der Waals surface area (Å²) in [7, 11) is -4.56. The first-order valence-electron chi connectivity index (χ1n) is 14.2. The lowest BCUT2D eigenvalue weighted by atomic mass is 10.1. The van der Waals surface area contributed by atoms with Crippen LogP contribution in [0.25, 0.3) is 0 Å². The Kier molecular flexibility index (Phi) is 20.9. The number of hydrogen-bond donors (Lipinski definition) is 2. The van der Waals surface area contributed by atoms with Crippen molar-refractivity contribution in [3.63, 3.8) is 0 Å². The topological polar surface area (TPSA) is 93.1 Å². The molecule has 0 aliphatic rings. The molecule has 4 atom stereocenters. The second-order valence-corrected chi connectivity index (χ2v) is 13.4. The summed E-state index contributed by atoms with van der Waals surface area (Å²) in [5, 5.41) is 7.41. The monoisotopic (exact) mass is 538 g/mol. The fourth-order valence-corrected chi connectivity index (χ4v) is 6.72. The van der Waals surface area contributed by atoms with E-state index in [0.717, 1.165) is 44.8 Å². The third kappa shape index (κ3) is 15.1. The maximum absolute atomic E-state index is 13.1. The van der Waals surface area contributed by atoms with Gasteiger partial charge in [0.1, 0.15) is 0 Å². The van der Waals surface area contributed by atoms with Gasteiger partial charge in [0, 0.05) is 11.9 Å². The van der Waals surface area contributed by atoms with Crippen LogP contribution in [0.1, 0.15) is 137 Å². The van der Waals surface area contributed by atoms with Crippen LogP contribution in [0.5, 0.6) is 0 Å². The molecule has 0 fully saturated rings. The summed E-state index contributed by atoms with van der Waals surface area (Å²) in [6.45, 7) is 9.27. The van der Waals surface area contributed by atoms with Gasteiger partial charge in [0.05, 0.1) is 6.10 Å². The highest BCUT2D eigenvalue weighted by molar-refractivity contribution is 7.99. The molecule has 6 nitrogen and oxygen atoms in total. The maximum Gasteiger partial charge on any atom is 0.371 e. The zero-order valence-corrected chi connectivity index (χ0v) is 25.0. The number of rotatable bonds is 25. The first-order chi connectivity index (χ1) is 16.7. The molecule has 0 radical (unpaired) electrons. The van der Waals surface area contributed by atoms with E-state index in [1.54, 1.807) is 18.7 Å². The smallest absolute Gasteiger partial charge is 0.371 e. The van der Waals surface area contributed by atoms with E-state index in [4.69, 9.17) is 9.26 Å². The molecule has 0 aromatic carbocycles. The molecule has 35 heavy (non-hydrogen) atoms. The lowest BCUT2D eigenvalue weighted by Gasteiger charge is -2.33. The van der Waals surface area contributed by atoms with Crippen LogP contribution in [0.2, 0.25) is 0 Å². The highest BCUT2D eigenvalue weighted by Crippen LogP contribution is 2.57. The second kappa shape index (κ2) is 20.9. The van der Waals surface area contributed by atoms with Crippen LogP contribution in [0, 0.1) is 0 Å². The minimum absolute atomic E-state index is 0.0510. The Bertz CT molecular complexity index is 576. The van der Waals surface area contributed by atoms with Gasteiger partial charge >= 0.3 is 13.6 Å². The molecule has 0 rings (SSSR count). The van der Waals surface area contributed by atoms with E-state index in [1.807, 2.05) is 6.92 Å². The van der Waals surface area contributed by atoms with Gasteiger partial charge < -0.3 is 19.3 Å². The lowest BCUT2D eigenvalue weighted by Crippen LogP contribution is -2.40. The number of hydrogen-bond acceptors (Lipinski definition) is 5. The molecular weight excluding hydrogens is 483 g/mol. The normalized spacial score (nSPS) is 17.0. The van der Waals surface area contributed by atoms with Crippen molar-refractivity contribution in [3.05, 3.63) is 0 Å². The Morgan fingerprint density at radius 2 is 1.34 bits per heavy atom. The molecule has 210 valence electrons. The molecule has 0 saturated heterocycles. The SMILES string of the molecule is CCCCCCCCCCCCSC(CCCCCC)C(C)OP(=O)(O)C(C)(OCCC)C(=O)O. The molecule has 8 heteroatoms. The van der Waals surface area contributed by atoms with Crippen molar-refractivity contribution in [3.8, 4) is 0 Å². The first-order valence-corrected chi connectivity index (χ1v) is 16.8. The number of carbonyl (C=O) groups is 1. The minimum atomic E-state index is -4.56. The zero-order valence-electron chi connectivity index (χ0n) is 23.3. The van der Waals surface area contributed by atoms with Crippen LogP contribution in [0.15, 0.2) is 0 Å². The van der Waals surface area contributed by atoms with Crippen molar-refractivity contribution in [2.75, 3.05) is 12.4 Å². The Hall–Kier alpha value is -0.0700. The van der Waals surface area contributed by atoms with Gasteiger partial charge in [-0.05, 0) is 38.9 Å². The Balaban J connectivity index is 4.71. The highest BCUT2D eigenvalue weighted by atomic mass is 32.2. The Morgan fingerprint density at radius 1 is 0.857 bits per heavy atom. The van der Waals surface area contributed by atoms with Gasteiger partial charge in [-0.15, -0.1) is 0 Å². The molecule has 0 saturated carbocycles. The number of ether oxygens (including phenoxy) is 1. The van der Waals surface area contributed by atoms with E-state index >= 15 is 0 Å². The molecular formula is C27H55O6PS. The van der Waals surface area contributed by atoms with Gasteiger partial charge in [-0.1, -0.05) is 104 Å². The minimum Gasteiger partial charge on any atom is -0.479 e. The third-order valence-electron chi connectivity index (χ3n) is 6.53. The van der Waals surface area contributed by atoms with E-state index in [9.17, 15) is 19.4 Å². The van der Waals surface area contributed by atoms with E-state index < -0.39 is 25.0 Å². The lowest BCUT2D eigenvalue weighted by molar-refractivity contribution is -0.155. The average Bonchev–Trinajstić information content (AvgIpc) is 2.81. The van der Waals surface area contributed by atoms with Gasteiger partial charge in [-0.3, -0.25) is 4.57 Å². The molecule has 0 bridgehead atoms. The van der Waals surface area contributed by atoms with Crippen LogP contribution in [-0.2, 0) is 18.6 Å². The van der Waals surface area contributed by atoms with Crippen molar-refractivity contribution in [2.45, 2.75) is 154 Å². The summed E-state index contributed by atoms with van der Waals surface area (Å²) >= 11 is 1.80. The summed E-state index contributed by atoms with van der Waals surface area (Å²) in [6, 6.07) is 0. The van der Waals surface area contributed by atoms with Gasteiger partial charge in [-0.25, -0.2) is 4.79 Å². The van der Waals surface area contributed by atoms with E-state index in [-0.39, 0.29) is 11.9 Å². The third-order valence-corrected chi connectivity index (χ3v) is 10.1. The maximum atomic E-state index is 13.1. The van der Waals surface area contributed by atoms with E-state index in [2.05, 4.69) is 13.8 Å². The summed E-state index contributed by atoms with van der Waals surface area (Å²) < 4.78 is 24.0. The molecule has 0 spiro atoms. The number of aliphatic carboxylic acids is 1. The molecule has 4 unspecified atom stereocenters. The predicted octanol–water partition coefficient (Wildman–Crippen LogP) is 8.80. The fourth-order valence-electron chi connectivity index (χ4n) is 4.01. The summed E-state index contributed by atoms with van der Waals surface area (Å²) in [5.41, 5.74) is 0. The van der Waals surface area contributed by atoms with Crippen LogP contribution in [-0.4, -0.2) is 45.0 Å². The molecule has 0 aromatic heterocycles. The van der Waals surface area contributed by atoms with Crippen LogP contribution >= 0.6 is 19.4 Å². The molecule has 0 aromatic rings. The first kappa shape index (κ1) is 34.9. The highest BCUT2D eigenvalue weighted by Gasteiger charge is 2.54. The van der Waals surface area contributed by atoms with Gasteiger partial charge in [0.25, 0.3) is 5.34 Å². The summed E-state index contributed by atoms with van der Waals surface area (Å²) in [6.07, 6.45) is 18.3. The Labute approximate surface area is 220 Å². The molecule has 0 heterocycles. The number of thioether (sulfide) groups is 1. The second-order valence-electron chi connectivity index (χ2n) is 9.91. The molecule has 0 aliphatic heterocycles. The van der Waals surface area contributed by atoms with E-state index in [1.165, 1.54) is 64.2 Å². The standard InChI is InChI=1S/C27H55O6PS/c1-6-9-11-13-14-15-16-17-18-20-23-35-25(21-19-12-10-7-2)24(4)33-34(30,31)27(5,26(28)29)32-22-8-3/h24-25H,6-23H2,1-5H3,(H,28,29)(H,30,31). The van der Waals surface area contributed by atoms with Crippen molar-refractivity contribution in [2.24, 2.45) is 0 Å². The van der Waals surface area contributed by atoms with E-state index in [0.29, 0.717) is 6.42 Å². The summed E-state index contributed by atoms with van der Waals surface area (Å²) in [5.74, 6) is -0.484. The van der Waals surface area contributed by atoms with Crippen LogP contribution in [0.4, 0.5) is 0 Å². The number of carboxylic acids is 1. The summed E-state index contributed by atoms with van der Waals surface area (Å²) in [4.78, 5) is 22.4. The molecule has 0 aliphatic carbocycles. The van der Waals surface area contributed by atoms with Crippen LogP contribution in [0.3, 0.4) is 0 Å². The molecule has 0 amide bonds. The van der Waals surface area contributed by atoms with Crippen molar-refractivity contribution >= 4 is 25.3 Å². The van der Waals surface area contributed by atoms with Crippen molar-refractivity contribution in [1.29, 1.82) is 0 Å². The van der Waals surface area contributed by atoms with Gasteiger partial charge in [0.2, 0.25) is 0 Å². The van der Waals surface area contributed by atoms with Crippen molar-refractivity contribution < 1.29 is 28.6 Å². The quantitative estimate of drug-likeness (QED) is 0.0886. The molecule has 2 N–H and O–H groups in total. The fraction of sp³-hybridized carbons (Fsp3) is 0.963. The number of unbranched alkanes of at least 4 members (excludes halogenated alkanes) is 12.